The van der Waals surface area contributed by atoms with Crippen LogP contribution in [0.2, 0.25) is 0 Å². The number of ether oxygens (including phenoxy) is 1. The van der Waals surface area contributed by atoms with Crippen molar-refractivity contribution in [2.24, 2.45) is 0 Å². The standard InChI is InChI=1S/C13H14F2N2O4/c14-9-2-1-3-10(15)12(9)16-13(20)17-4-5-21-7-8(17)6-11(18)19/h1-3,8H,4-7H2,(H,16,20)(H,18,19). The number of carbonyl (C=O) groups is 2. The molecular formula is C13H14F2N2O4. The van der Waals surface area contributed by atoms with Crippen molar-refractivity contribution >= 4 is 17.7 Å². The van der Waals surface area contributed by atoms with Gasteiger partial charge in [0.2, 0.25) is 0 Å². The lowest BCUT2D eigenvalue weighted by molar-refractivity contribution is -0.139. The van der Waals surface area contributed by atoms with Crippen molar-refractivity contribution in [3.63, 3.8) is 0 Å². The topological polar surface area (TPSA) is 78.9 Å². The van der Waals surface area contributed by atoms with E-state index in [1.54, 1.807) is 0 Å². The molecule has 0 saturated carbocycles. The second-order valence-electron chi connectivity index (χ2n) is 4.55. The number of para-hydroxylation sites is 1. The Hall–Kier alpha value is -2.22. The number of hydrogen-bond donors (Lipinski definition) is 2. The molecule has 1 aliphatic rings. The number of anilines is 1. The fourth-order valence-corrected chi connectivity index (χ4v) is 2.09. The van der Waals surface area contributed by atoms with E-state index in [9.17, 15) is 18.4 Å². The molecule has 1 fully saturated rings. The van der Waals surface area contributed by atoms with Crippen LogP contribution in [0.5, 0.6) is 0 Å². The smallest absolute Gasteiger partial charge is 0.322 e. The highest BCUT2D eigenvalue weighted by molar-refractivity contribution is 5.90. The van der Waals surface area contributed by atoms with Crippen LogP contribution >= 0.6 is 0 Å². The van der Waals surface area contributed by atoms with E-state index < -0.39 is 35.4 Å². The van der Waals surface area contributed by atoms with Crippen LogP contribution in [0.4, 0.5) is 19.3 Å². The van der Waals surface area contributed by atoms with Gasteiger partial charge in [-0.25, -0.2) is 13.6 Å². The summed E-state index contributed by atoms with van der Waals surface area (Å²) in [7, 11) is 0. The van der Waals surface area contributed by atoms with Gasteiger partial charge in [-0.2, -0.15) is 0 Å². The van der Waals surface area contributed by atoms with Crippen LogP contribution in [0.1, 0.15) is 6.42 Å². The molecular weight excluding hydrogens is 286 g/mol. The molecule has 0 aliphatic carbocycles. The molecule has 0 radical (unpaired) electrons. The van der Waals surface area contributed by atoms with Crippen molar-refractivity contribution in [2.75, 3.05) is 25.1 Å². The molecule has 1 aromatic rings. The summed E-state index contributed by atoms with van der Waals surface area (Å²) >= 11 is 0. The largest absolute Gasteiger partial charge is 0.481 e. The monoisotopic (exact) mass is 300 g/mol. The molecule has 1 aliphatic heterocycles. The molecule has 1 aromatic carbocycles. The minimum absolute atomic E-state index is 0.0689. The van der Waals surface area contributed by atoms with Crippen molar-refractivity contribution in [3.8, 4) is 0 Å². The van der Waals surface area contributed by atoms with Crippen LogP contribution < -0.4 is 5.32 Å². The molecule has 1 saturated heterocycles. The van der Waals surface area contributed by atoms with E-state index in [4.69, 9.17) is 9.84 Å². The number of rotatable bonds is 3. The van der Waals surface area contributed by atoms with Gasteiger partial charge >= 0.3 is 12.0 Å². The number of carboxylic acids is 1. The first-order valence-electron chi connectivity index (χ1n) is 6.30. The lowest BCUT2D eigenvalue weighted by Crippen LogP contribution is -2.51. The Morgan fingerprint density at radius 3 is 2.67 bits per heavy atom. The number of morpholine rings is 1. The number of carboxylic acid groups (broad SMARTS) is 1. The van der Waals surface area contributed by atoms with Gasteiger partial charge in [0.15, 0.2) is 0 Å². The molecule has 1 heterocycles. The van der Waals surface area contributed by atoms with Gasteiger partial charge in [-0.15, -0.1) is 0 Å². The highest BCUT2D eigenvalue weighted by Gasteiger charge is 2.30. The first-order chi connectivity index (χ1) is 9.99. The highest BCUT2D eigenvalue weighted by Crippen LogP contribution is 2.20. The Morgan fingerprint density at radius 1 is 1.38 bits per heavy atom. The fraction of sp³-hybridized carbons (Fsp3) is 0.385. The van der Waals surface area contributed by atoms with Gasteiger partial charge < -0.3 is 20.1 Å². The molecule has 1 atom stereocenters. The van der Waals surface area contributed by atoms with Gasteiger partial charge in [-0.05, 0) is 12.1 Å². The SMILES string of the molecule is O=C(O)CC1COCCN1C(=O)Nc1c(F)cccc1F. The van der Waals surface area contributed by atoms with E-state index in [2.05, 4.69) is 5.32 Å². The molecule has 2 N–H and O–H groups in total. The van der Waals surface area contributed by atoms with E-state index in [0.717, 1.165) is 12.1 Å². The van der Waals surface area contributed by atoms with Crippen LogP contribution in [0, 0.1) is 11.6 Å². The molecule has 21 heavy (non-hydrogen) atoms. The number of benzene rings is 1. The average molecular weight is 300 g/mol. The van der Waals surface area contributed by atoms with Crippen molar-refractivity contribution < 1.29 is 28.2 Å². The van der Waals surface area contributed by atoms with E-state index >= 15 is 0 Å². The van der Waals surface area contributed by atoms with Crippen LogP contribution in [0.15, 0.2) is 18.2 Å². The Morgan fingerprint density at radius 2 is 2.05 bits per heavy atom. The van der Waals surface area contributed by atoms with E-state index in [-0.39, 0.29) is 26.2 Å². The van der Waals surface area contributed by atoms with Gasteiger partial charge in [0.25, 0.3) is 0 Å². The van der Waals surface area contributed by atoms with Gasteiger partial charge in [0.05, 0.1) is 25.7 Å². The number of hydrogen-bond acceptors (Lipinski definition) is 3. The number of halogens is 2. The summed E-state index contributed by atoms with van der Waals surface area (Å²) in [5.74, 6) is -2.88. The lowest BCUT2D eigenvalue weighted by atomic mass is 10.1. The zero-order valence-electron chi connectivity index (χ0n) is 11.0. The zero-order chi connectivity index (χ0) is 15.4. The van der Waals surface area contributed by atoms with Crippen LogP contribution in [0.25, 0.3) is 0 Å². The third-order valence-corrected chi connectivity index (χ3v) is 3.09. The summed E-state index contributed by atoms with van der Waals surface area (Å²) in [5, 5.41) is 10.9. The van der Waals surface area contributed by atoms with Crippen molar-refractivity contribution in [2.45, 2.75) is 12.5 Å². The molecule has 2 amide bonds. The number of aliphatic carboxylic acids is 1. The van der Waals surface area contributed by atoms with E-state index in [0.29, 0.717) is 0 Å². The molecule has 8 heteroatoms. The number of carbonyl (C=O) groups excluding carboxylic acids is 1. The predicted octanol–water partition coefficient (Wildman–Crippen LogP) is 1.67. The summed E-state index contributed by atoms with van der Waals surface area (Å²) in [6, 6.07) is 1.79. The Balaban J connectivity index is 2.12. The molecule has 0 aromatic heterocycles. The van der Waals surface area contributed by atoms with Crippen LogP contribution in [-0.2, 0) is 9.53 Å². The second kappa shape index (κ2) is 6.49. The third kappa shape index (κ3) is 3.66. The normalized spacial score (nSPS) is 18.4. The van der Waals surface area contributed by atoms with Crippen molar-refractivity contribution in [1.29, 1.82) is 0 Å². The van der Waals surface area contributed by atoms with E-state index in [1.807, 2.05) is 0 Å². The summed E-state index contributed by atoms with van der Waals surface area (Å²) in [6.07, 6.45) is -0.298. The molecule has 0 bridgehead atoms. The van der Waals surface area contributed by atoms with Crippen molar-refractivity contribution in [3.05, 3.63) is 29.8 Å². The van der Waals surface area contributed by atoms with Gasteiger partial charge in [-0.3, -0.25) is 4.79 Å². The number of amides is 2. The summed E-state index contributed by atoms with van der Waals surface area (Å²) in [6.45, 7) is 0.461. The molecule has 0 spiro atoms. The first-order valence-corrected chi connectivity index (χ1v) is 6.30. The zero-order valence-corrected chi connectivity index (χ0v) is 11.0. The number of nitrogens with one attached hydrogen (secondary N) is 1. The maximum atomic E-state index is 13.5. The maximum absolute atomic E-state index is 13.5. The highest BCUT2D eigenvalue weighted by atomic mass is 19.1. The summed E-state index contributed by atoms with van der Waals surface area (Å²) in [5.41, 5.74) is -0.553. The Bertz CT molecular complexity index is 533. The first kappa shape index (κ1) is 15.2. The third-order valence-electron chi connectivity index (χ3n) is 3.09. The molecule has 2 rings (SSSR count). The second-order valence-corrected chi connectivity index (χ2v) is 4.55. The molecule has 1 unspecified atom stereocenters. The number of nitrogens with zero attached hydrogens (tertiary/aromatic N) is 1. The van der Waals surface area contributed by atoms with Crippen molar-refractivity contribution in [1.82, 2.24) is 4.90 Å². The number of urea groups is 1. The van der Waals surface area contributed by atoms with Gasteiger partial charge in [0.1, 0.15) is 17.3 Å². The Labute approximate surface area is 119 Å². The van der Waals surface area contributed by atoms with Crippen LogP contribution in [0.3, 0.4) is 0 Å². The summed E-state index contributed by atoms with van der Waals surface area (Å²) in [4.78, 5) is 24.1. The molecule has 6 nitrogen and oxygen atoms in total. The Kier molecular flexibility index (Phi) is 4.69. The minimum atomic E-state index is -1.08. The maximum Gasteiger partial charge on any atom is 0.322 e. The fourth-order valence-electron chi connectivity index (χ4n) is 2.09. The molecule has 114 valence electrons. The minimum Gasteiger partial charge on any atom is -0.481 e. The average Bonchev–Trinajstić information content (AvgIpc) is 2.43. The van der Waals surface area contributed by atoms with Gasteiger partial charge in [0, 0.05) is 6.54 Å². The summed E-state index contributed by atoms with van der Waals surface area (Å²) < 4.78 is 32.1. The predicted molar refractivity (Wildman–Crippen MR) is 68.9 cm³/mol. The quantitative estimate of drug-likeness (QED) is 0.890. The van der Waals surface area contributed by atoms with Crippen LogP contribution in [-0.4, -0.2) is 47.8 Å². The van der Waals surface area contributed by atoms with Gasteiger partial charge in [-0.1, -0.05) is 6.07 Å². The van der Waals surface area contributed by atoms with E-state index in [1.165, 1.54) is 11.0 Å². The lowest BCUT2D eigenvalue weighted by Gasteiger charge is -2.34.